The van der Waals surface area contributed by atoms with Crippen LogP contribution in [0.2, 0.25) is 0 Å². The first kappa shape index (κ1) is 17.1. The molecule has 2 aromatic rings. The first-order valence-electron chi connectivity index (χ1n) is 7.85. The zero-order chi connectivity index (χ0) is 17.2. The van der Waals surface area contributed by atoms with Crippen molar-refractivity contribution in [3.05, 3.63) is 57.2 Å². The van der Waals surface area contributed by atoms with Gasteiger partial charge in [-0.05, 0) is 53.1 Å². The number of hydrogen-bond acceptors (Lipinski definition) is 3. The summed E-state index contributed by atoms with van der Waals surface area (Å²) in [4.78, 5) is 12.6. The predicted octanol–water partition coefficient (Wildman–Crippen LogP) is 3.77. The Balaban J connectivity index is 1.74. The minimum absolute atomic E-state index is 0.0810. The van der Waals surface area contributed by atoms with Gasteiger partial charge in [-0.25, -0.2) is 0 Å². The third-order valence-corrected chi connectivity index (χ3v) is 5.44. The van der Waals surface area contributed by atoms with Gasteiger partial charge < -0.3 is 14.8 Å². The van der Waals surface area contributed by atoms with E-state index in [0.717, 1.165) is 16.4 Å². The molecule has 0 aromatic heterocycles. The third-order valence-electron chi connectivity index (χ3n) is 4.54. The van der Waals surface area contributed by atoms with Crippen molar-refractivity contribution < 1.29 is 14.3 Å². The summed E-state index contributed by atoms with van der Waals surface area (Å²) in [6.07, 6.45) is 2.22. The summed E-state index contributed by atoms with van der Waals surface area (Å²) in [5.74, 6) is 1.11. The molecule has 1 amide bonds. The summed E-state index contributed by atoms with van der Waals surface area (Å²) in [5.41, 5.74) is 2.00. The van der Waals surface area contributed by atoms with Crippen LogP contribution in [0.4, 0.5) is 0 Å². The van der Waals surface area contributed by atoms with Crippen LogP contribution in [0.25, 0.3) is 0 Å². The Hall–Kier alpha value is -1.76. The Kier molecular flexibility index (Phi) is 4.99. The fraction of sp³-hybridized carbons (Fsp3) is 0.316. The van der Waals surface area contributed by atoms with E-state index in [4.69, 9.17) is 9.47 Å². The molecule has 0 spiro atoms. The molecular weight excluding hydrogens is 417 g/mol. The van der Waals surface area contributed by atoms with E-state index in [2.05, 4.69) is 52.2 Å². The van der Waals surface area contributed by atoms with E-state index in [9.17, 15) is 4.79 Å². The molecule has 126 valence electrons. The molecule has 0 atom stereocenters. The maximum absolute atomic E-state index is 12.6. The van der Waals surface area contributed by atoms with Gasteiger partial charge in [0.2, 0.25) is 0 Å². The molecule has 0 radical (unpaired) electrons. The van der Waals surface area contributed by atoms with Gasteiger partial charge in [-0.1, -0.05) is 30.3 Å². The van der Waals surface area contributed by atoms with E-state index in [-0.39, 0.29) is 11.3 Å². The Labute approximate surface area is 155 Å². The molecule has 2 aromatic carbocycles. The summed E-state index contributed by atoms with van der Waals surface area (Å²) < 4.78 is 11.4. The van der Waals surface area contributed by atoms with Crippen LogP contribution in [0.3, 0.4) is 0 Å². The van der Waals surface area contributed by atoms with Crippen LogP contribution in [0.15, 0.2) is 42.5 Å². The smallest absolute Gasteiger partial charge is 0.252 e. The normalized spacial score (nSPS) is 14.8. The first-order valence-corrected chi connectivity index (χ1v) is 8.93. The zero-order valence-corrected chi connectivity index (χ0v) is 15.9. The number of nitrogens with one attached hydrogen (secondary N) is 1. The van der Waals surface area contributed by atoms with Crippen molar-refractivity contribution in [3.8, 4) is 11.5 Å². The standard InChI is InChI=1S/C19H20INO3/c1-23-16-10-14(15(20)11-17(16)24-2)18(22)21-12-19(8-9-19)13-6-4-3-5-7-13/h3-7,10-11H,8-9,12H2,1-2H3,(H,21,22). The van der Waals surface area contributed by atoms with Crippen LogP contribution >= 0.6 is 22.6 Å². The summed E-state index contributed by atoms with van der Waals surface area (Å²) in [7, 11) is 3.16. The lowest BCUT2D eigenvalue weighted by atomic mass is 9.96. The summed E-state index contributed by atoms with van der Waals surface area (Å²) in [6, 6.07) is 13.9. The van der Waals surface area contributed by atoms with Crippen LogP contribution in [-0.4, -0.2) is 26.7 Å². The quantitative estimate of drug-likeness (QED) is 0.701. The molecule has 1 fully saturated rings. The van der Waals surface area contributed by atoms with E-state index in [1.807, 2.05) is 12.1 Å². The second-order valence-electron chi connectivity index (χ2n) is 6.02. The molecule has 0 heterocycles. The fourth-order valence-corrected chi connectivity index (χ4v) is 3.57. The molecule has 4 nitrogen and oxygen atoms in total. The molecule has 24 heavy (non-hydrogen) atoms. The van der Waals surface area contributed by atoms with E-state index in [1.54, 1.807) is 20.3 Å². The highest BCUT2D eigenvalue weighted by molar-refractivity contribution is 14.1. The molecular formula is C19H20INO3. The highest BCUT2D eigenvalue weighted by Crippen LogP contribution is 2.47. The molecule has 1 saturated carbocycles. The van der Waals surface area contributed by atoms with Gasteiger partial charge in [0.1, 0.15) is 0 Å². The Morgan fingerprint density at radius 3 is 2.33 bits per heavy atom. The number of carbonyl (C=O) groups excluding carboxylic acids is 1. The number of benzene rings is 2. The molecule has 1 aliphatic carbocycles. The fourth-order valence-electron chi connectivity index (χ4n) is 2.88. The Morgan fingerprint density at radius 1 is 1.12 bits per heavy atom. The van der Waals surface area contributed by atoms with Crippen LogP contribution in [0, 0.1) is 3.57 Å². The number of halogens is 1. The molecule has 0 aliphatic heterocycles. The maximum Gasteiger partial charge on any atom is 0.252 e. The minimum atomic E-state index is -0.0810. The third kappa shape index (κ3) is 3.36. The molecule has 0 unspecified atom stereocenters. The second-order valence-corrected chi connectivity index (χ2v) is 7.18. The summed E-state index contributed by atoms with van der Waals surface area (Å²) >= 11 is 2.15. The lowest BCUT2D eigenvalue weighted by Crippen LogP contribution is -2.32. The number of carbonyl (C=O) groups is 1. The maximum atomic E-state index is 12.6. The van der Waals surface area contributed by atoms with Gasteiger partial charge in [-0.15, -0.1) is 0 Å². The lowest BCUT2D eigenvalue weighted by Gasteiger charge is -2.17. The molecule has 0 saturated heterocycles. The van der Waals surface area contributed by atoms with Crippen molar-refractivity contribution in [1.29, 1.82) is 0 Å². The molecule has 5 heteroatoms. The number of rotatable bonds is 6. The molecule has 0 bridgehead atoms. The van der Waals surface area contributed by atoms with Crippen molar-refractivity contribution in [2.45, 2.75) is 18.3 Å². The Bertz CT molecular complexity index is 742. The average Bonchev–Trinajstić information content (AvgIpc) is 3.41. The minimum Gasteiger partial charge on any atom is -0.493 e. The number of ether oxygens (including phenoxy) is 2. The summed E-state index contributed by atoms with van der Waals surface area (Å²) in [5, 5.41) is 3.09. The monoisotopic (exact) mass is 437 g/mol. The van der Waals surface area contributed by atoms with Gasteiger partial charge in [0.15, 0.2) is 11.5 Å². The van der Waals surface area contributed by atoms with Crippen LogP contribution in [0.5, 0.6) is 11.5 Å². The Morgan fingerprint density at radius 2 is 1.75 bits per heavy atom. The van der Waals surface area contributed by atoms with E-state index < -0.39 is 0 Å². The van der Waals surface area contributed by atoms with Gasteiger partial charge in [-0.3, -0.25) is 4.79 Å². The van der Waals surface area contributed by atoms with Gasteiger partial charge in [-0.2, -0.15) is 0 Å². The highest BCUT2D eigenvalue weighted by Gasteiger charge is 2.44. The highest BCUT2D eigenvalue weighted by atomic mass is 127. The van der Waals surface area contributed by atoms with Crippen molar-refractivity contribution in [1.82, 2.24) is 5.32 Å². The largest absolute Gasteiger partial charge is 0.493 e. The predicted molar refractivity (Wildman–Crippen MR) is 102 cm³/mol. The molecule has 3 rings (SSSR count). The zero-order valence-electron chi connectivity index (χ0n) is 13.8. The van der Waals surface area contributed by atoms with Crippen molar-refractivity contribution in [3.63, 3.8) is 0 Å². The molecule has 1 aliphatic rings. The number of amides is 1. The van der Waals surface area contributed by atoms with Crippen molar-refractivity contribution in [2.24, 2.45) is 0 Å². The van der Waals surface area contributed by atoms with E-state index in [0.29, 0.717) is 23.6 Å². The van der Waals surface area contributed by atoms with Crippen LogP contribution in [-0.2, 0) is 5.41 Å². The van der Waals surface area contributed by atoms with Crippen LogP contribution in [0.1, 0.15) is 28.8 Å². The summed E-state index contributed by atoms with van der Waals surface area (Å²) in [6.45, 7) is 0.653. The average molecular weight is 437 g/mol. The lowest BCUT2D eigenvalue weighted by molar-refractivity contribution is 0.0948. The SMILES string of the molecule is COc1cc(I)c(C(=O)NCC2(c3ccccc3)CC2)cc1OC. The first-order chi connectivity index (χ1) is 11.6. The van der Waals surface area contributed by atoms with E-state index in [1.165, 1.54) is 5.56 Å². The second kappa shape index (κ2) is 7.01. The van der Waals surface area contributed by atoms with Gasteiger partial charge in [0.25, 0.3) is 5.91 Å². The van der Waals surface area contributed by atoms with Crippen molar-refractivity contribution in [2.75, 3.05) is 20.8 Å². The molecule has 1 N–H and O–H groups in total. The van der Waals surface area contributed by atoms with E-state index >= 15 is 0 Å². The van der Waals surface area contributed by atoms with Crippen molar-refractivity contribution >= 4 is 28.5 Å². The van der Waals surface area contributed by atoms with Crippen LogP contribution < -0.4 is 14.8 Å². The van der Waals surface area contributed by atoms with Gasteiger partial charge in [0.05, 0.1) is 19.8 Å². The topological polar surface area (TPSA) is 47.6 Å². The number of hydrogen-bond donors (Lipinski definition) is 1. The van der Waals surface area contributed by atoms with Gasteiger partial charge >= 0.3 is 0 Å². The van der Waals surface area contributed by atoms with Gasteiger partial charge in [0, 0.05) is 15.5 Å². The number of methoxy groups -OCH3 is 2.